The van der Waals surface area contributed by atoms with Gasteiger partial charge < -0.3 is 16.4 Å². The maximum Gasteiger partial charge on any atom is 0.240 e. The van der Waals surface area contributed by atoms with Gasteiger partial charge in [-0.15, -0.1) is 11.3 Å². The molecule has 8 nitrogen and oxygen atoms in total. The summed E-state index contributed by atoms with van der Waals surface area (Å²) in [6.45, 7) is 1.06. The SMILES string of the molecule is CS(=O)(=O)N[C@@H](C(=O)NC(C(=O)[C@@H]1CCCN1)c1ccc(CN)s1)C(c1ccccc1)c1ccccc1. The third kappa shape index (κ3) is 6.91. The Kier molecular flexibility index (Phi) is 8.88. The number of sulfonamides is 1. The molecule has 1 unspecified atom stereocenters. The smallest absolute Gasteiger partial charge is 0.240 e. The molecule has 0 aliphatic carbocycles. The molecule has 1 aromatic heterocycles. The van der Waals surface area contributed by atoms with Crippen LogP contribution in [0, 0.1) is 0 Å². The van der Waals surface area contributed by atoms with Crippen LogP contribution in [0.3, 0.4) is 0 Å². The van der Waals surface area contributed by atoms with E-state index in [1.807, 2.05) is 66.7 Å². The fourth-order valence-electron chi connectivity index (χ4n) is 4.70. The van der Waals surface area contributed by atoms with Crippen molar-refractivity contribution >= 4 is 33.1 Å². The molecule has 1 saturated heterocycles. The zero-order chi connectivity index (χ0) is 26.4. The van der Waals surface area contributed by atoms with E-state index in [0.29, 0.717) is 17.8 Å². The normalized spacial score (nSPS) is 17.4. The standard InChI is InChI=1S/C27H32N4O4S2/c1-37(34,35)31-25(23(18-9-4-2-5-10-18)19-11-6-3-7-12-19)27(33)30-24(22-15-14-20(17-28)36-22)26(32)21-13-8-16-29-21/h2-7,9-12,14-15,21,23-25,29,31H,8,13,16-17,28H2,1H3,(H,30,33)/t21-,24?,25+/m0/s1. The Morgan fingerprint density at radius 1 is 1.03 bits per heavy atom. The summed E-state index contributed by atoms with van der Waals surface area (Å²) in [4.78, 5) is 29.1. The lowest BCUT2D eigenvalue weighted by molar-refractivity contribution is -0.129. The van der Waals surface area contributed by atoms with Crippen molar-refractivity contribution in [1.82, 2.24) is 15.4 Å². The van der Waals surface area contributed by atoms with Crippen LogP contribution in [0.25, 0.3) is 0 Å². The van der Waals surface area contributed by atoms with Crippen molar-refractivity contribution in [3.63, 3.8) is 0 Å². The minimum absolute atomic E-state index is 0.148. The van der Waals surface area contributed by atoms with E-state index in [1.54, 1.807) is 6.07 Å². The predicted octanol–water partition coefficient (Wildman–Crippen LogP) is 2.44. The van der Waals surface area contributed by atoms with Gasteiger partial charge in [0.25, 0.3) is 0 Å². The van der Waals surface area contributed by atoms with Gasteiger partial charge in [0.1, 0.15) is 12.1 Å². The molecule has 1 fully saturated rings. The zero-order valence-electron chi connectivity index (χ0n) is 20.6. The number of carbonyl (C=O) groups is 2. The van der Waals surface area contributed by atoms with E-state index >= 15 is 0 Å². The van der Waals surface area contributed by atoms with E-state index in [4.69, 9.17) is 5.73 Å². The number of hydrogen-bond acceptors (Lipinski definition) is 7. The third-order valence-corrected chi connectivity index (χ3v) is 8.27. The predicted molar refractivity (Wildman–Crippen MR) is 146 cm³/mol. The van der Waals surface area contributed by atoms with Crippen LogP contribution in [0.15, 0.2) is 72.8 Å². The molecule has 5 N–H and O–H groups in total. The first-order valence-electron chi connectivity index (χ1n) is 12.2. The topological polar surface area (TPSA) is 130 Å². The first-order chi connectivity index (χ1) is 17.8. The maximum absolute atomic E-state index is 14.0. The maximum atomic E-state index is 14.0. The van der Waals surface area contributed by atoms with Crippen LogP contribution < -0.4 is 21.1 Å². The van der Waals surface area contributed by atoms with Crippen molar-refractivity contribution < 1.29 is 18.0 Å². The van der Waals surface area contributed by atoms with Crippen LogP contribution in [-0.2, 0) is 26.2 Å². The Morgan fingerprint density at radius 2 is 1.65 bits per heavy atom. The average molecular weight is 541 g/mol. The van der Waals surface area contributed by atoms with Gasteiger partial charge in [0.2, 0.25) is 15.9 Å². The van der Waals surface area contributed by atoms with Crippen molar-refractivity contribution in [2.24, 2.45) is 5.73 Å². The monoisotopic (exact) mass is 540 g/mol. The number of hydrogen-bond donors (Lipinski definition) is 4. The summed E-state index contributed by atoms with van der Waals surface area (Å²) in [5, 5.41) is 6.11. The van der Waals surface area contributed by atoms with E-state index in [-0.39, 0.29) is 11.8 Å². The van der Waals surface area contributed by atoms with E-state index in [2.05, 4.69) is 15.4 Å². The van der Waals surface area contributed by atoms with Gasteiger partial charge in [-0.05, 0) is 42.6 Å². The Hall–Kier alpha value is -2.89. The van der Waals surface area contributed by atoms with Gasteiger partial charge in [0.15, 0.2) is 5.78 Å². The van der Waals surface area contributed by atoms with Crippen molar-refractivity contribution in [3.8, 4) is 0 Å². The molecule has 1 aliphatic rings. The Balaban J connectivity index is 1.74. The highest BCUT2D eigenvalue weighted by atomic mass is 32.2. The van der Waals surface area contributed by atoms with E-state index in [9.17, 15) is 18.0 Å². The zero-order valence-corrected chi connectivity index (χ0v) is 22.2. The largest absolute Gasteiger partial charge is 0.340 e. The number of nitrogens with one attached hydrogen (secondary N) is 3. The summed E-state index contributed by atoms with van der Waals surface area (Å²) < 4.78 is 27.5. The molecule has 1 aliphatic heterocycles. The summed E-state index contributed by atoms with van der Waals surface area (Å²) in [5.74, 6) is -1.35. The quantitative estimate of drug-likeness (QED) is 0.296. The summed E-state index contributed by atoms with van der Waals surface area (Å²) in [7, 11) is -3.79. The van der Waals surface area contributed by atoms with Crippen LogP contribution in [0.2, 0.25) is 0 Å². The Morgan fingerprint density at radius 3 is 2.14 bits per heavy atom. The number of ketones is 1. The first kappa shape index (κ1) is 27.2. The van der Waals surface area contributed by atoms with Gasteiger partial charge in [-0.2, -0.15) is 0 Å². The summed E-state index contributed by atoms with van der Waals surface area (Å²) in [5.41, 5.74) is 7.34. The minimum atomic E-state index is -3.79. The molecule has 4 rings (SSSR count). The lowest BCUT2D eigenvalue weighted by atomic mass is 9.85. The van der Waals surface area contributed by atoms with Crippen LogP contribution in [-0.4, -0.2) is 45.0 Å². The lowest BCUT2D eigenvalue weighted by Crippen LogP contribution is -2.52. The number of thiophene rings is 1. The van der Waals surface area contributed by atoms with Crippen LogP contribution >= 0.6 is 11.3 Å². The molecule has 2 heterocycles. The van der Waals surface area contributed by atoms with Gasteiger partial charge in [0.05, 0.1) is 12.3 Å². The average Bonchev–Trinajstić information content (AvgIpc) is 3.60. The van der Waals surface area contributed by atoms with Crippen LogP contribution in [0.4, 0.5) is 0 Å². The number of Topliss-reactive ketones (excluding diaryl/α,β-unsaturated/α-hetero) is 1. The third-order valence-electron chi connectivity index (χ3n) is 6.42. The van der Waals surface area contributed by atoms with Crippen LogP contribution in [0.5, 0.6) is 0 Å². The summed E-state index contributed by atoms with van der Waals surface area (Å²) in [6.07, 6.45) is 2.58. The van der Waals surface area contributed by atoms with Crippen molar-refractivity contribution in [1.29, 1.82) is 0 Å². The molecule has 3 atom stereocenters. The number of amides is 1. The number of nitrogens with two attached hydrogens (primary N) is 1. The van der Waals surface area contributed by atoms with Crippen molar-refractivity contribution in [3.05, 3.63) is 93.7 Å². The van der Waals surface area contributed by atoms with Gasteiger partial charge in [0, 0.05) is 22.2 Å². The number of benzene rings is 2. The highest BCUT2D eigenvalue weighted by molar-refractivity contribution is 7.88. The van der Waals surface area contributed by atoms with Gasteiger partial charge in [-0.1, -0.05) is 60.7 Å². The molecular formula is C27H32N4O4S2. The second-order valence-corrected chi connectivity index (χ2v) is 12.1. The molecule has 0 radical (unpaired) electrons. The van der Waals surface area contributed by atoms with Crippen molar-refractivity contribution in [2.45, 2.75) is 43.4 Å². The first-order valence-corrected chi connectivity index (χ1v) is 14.9. The highest BCUT2D eigenvalue weighted by Gasteiger charge is 2.38. The molecule has 37 heavy (non-hydrogen) atoms. The Labute approximate surface area is 221 Å². The molecule has 2 aromatic carbocycles. The highest BCUT2D eigenvalue weighted by Crippen LogP contribution is 2.31. The number of carbonyl (C=O) groups excluding carboxylic acids is 2. The molecular weight excluding hydrogens is 508 g/mol. The molecule has 0 spiro atoms. The fraction of sp³-hybridized carbons (Fsp3) is 0.333. The van der Waals surface area contributed by atoms with Gasteiger partial charge in [-0.3, -0.25) is 9.59 Å². The van der Waals surface area contributed by atoms with E-state index in [0.717, 1.165) is 35.2 Å². The van der Waals surface area contributed by atoms with Crippen molar-refractivity contribution in [2.75, 3.05) is 12.8 Å². The second-order valence-electron chi connectivity index (χ2n) is 9.17. The minimum Gasteiger partial charge on any atom is -0.340 e. The number of rotatable bonds is 11. The lowest BCUT2D eigenvalue weighted by Gasteiger charge is -2.29. The second kappa shape index (κ2) is 12.1. The molecule has 0 saturated carbocycles. The van der Waals surface area contributed by atoms with Gasteiger partial charge >= 0.3 is 0 Å². The summed E-state index contributed by atoms with van der Waals surface area (Å²) >= 11 is 1.37. The molecule has 0 bridgehead atoms. The van der Waals surface area contributed by atoms with E-state index in [1.165, 1.54) is 11.3 Å². The van der Waals surface area contributed by atoms with Crippen LogP contribution in [0.1, 0.15) is 45.7 Å². The summed E-state index contributed by atoms with van der Waals surface area (Å²) in [6, 6.07) is 19.7. The van der Waals surface area contributed by atoms with Gasteiger partial charge in [-0.25, -0.2) is 13.1 Å². The van der Waals surface area contributed by atoms with E-state index < -0.39 is 33.9 Å². The fourth-order valence-corrected chi connectivity index (χ4v) is 6.36. The molecule has 3 aromatic rings. The molecule has 1 amide bonds. The Bertz CT molecular complexity index is 1270. The molecule has 196 valence electrons. The molecule has 10 heteroatoms.